The predicted octanol–water partition coefficient (Wildman–Crippen LogP) is 6.03. The summed E-state index contributed by atoms with van der Waals surface area (Å²) in [5.41, 5.74) is 3.91. The number of rotatable bonds is 2. The zero-order chi connectivity index (χ0) is 28.5. The van der Waals surface area contributed by atoms with Crippen molar-refractivity contribution in [2.24, 2.45) is 5.41 Å². The van der Waals surface area contributed by atoms with E-state index in [0.717, 1.165) is 44.1 Å². The van der Waals surface area contributed by atoms with E-state index in [0.29, 0.717) is 19.6 Å². The summed E-state index contributed by atoms with van der Waals surface area (Å²) in [6.45, 7) is 0.688. The Balaban J connectivity index is 0.000000259. The van der Waals surface area contributed by atoms with Crippen LogP contribution in [0.25, 0.3) is 0 Å². The molecule has 0 fully saturated rings. The molecule has 214 valence electrons. The van der Waals surface area contributed by atoms with E-state index < -0.39 is 11.9 Å². The van der Waals surface area contributed by atoms with Crippen molar-refractivity contribution in [1.82, 2.24) is 0 Å². The van der Waals surface area contributed by atoms with E-state index in [-0.39, 0.29) is 28.5 Å². The van der Waals surface area contributed by atoms with Gasteiger partial charge in [0, 0.05) is 11.8 Å². The third-order valence-electron chi connectivity index (χ3n) is 8.11. The minimum Gasteiger partial charge on any atom is -0.478 e. The van der Waals surface area contributed by atoms with Gasteiger partial charge in [0.1, 0.15) is 13.2 Å². The first-order chi connectivity index (χ1) is 19.3. The maximum atomic E-state index is 12.7. The van der Waals surface area contributed by atoms with Crippen molar-refractivity contribution in [3.63, 3.8) is 0 Å². The fourth-order valence-corrected chi connectivity index (χ4v) is 5.96. The van der Waals surface area contributed by atoms with E-state index in [4.69, 9.17) is 19.7 Å². The van der Waals surface area contributed by atoms with Crippen molar-refractivity contribution in [3.8, 4) is 0 Å². The van der Waals surface area contributed by atoms with Gasteiger partial charge in [-0.3, -0.25) is 4.79 Å². The zero-order valence-electron chi connectivity index (χ0n) is 22.9. The van der Waals surface area contributed by atoms with Crippen LogP contribution in [0.4, 0.5) is 0 Å². The first kappa shape index (κ1) is 29.3. The number of benzene rings is 2. The summed E-state index contributed by atoms with van der Waals surface area (Å²) in [5, 5.41) is 17.1. The van der Waals surface area contributed by atoms with Gasteiger partial charge in [0.15, 0.2) is 0 Å². The average molecular weight is 551 g/mol. The van der Waals surface area contributed by atoms with Gasteiger partial charge in [0.2, 0.25) is 0 Å². The molecule has 40 heavy (non-hydrogen) atoms. The van der Waals surface area contributed by atoms with Gasteiger partial charge < -0.3 is 19.7 Å². The third-order valence-corrected chi connectivity index (χ3v) is 8.11. The Labute approximate surface area is 234 Å². The van der Waals surface area contributed by atoms with Gasteiger partial charge in [-0.25, -0.2) is 14.4 Å². The lowest BCUT2D eigenvalue weighted by atomic mass is 9.85. The topological polar surface area (TPSA) is 127 Å². The Morgan fingerprint density at radius 3 is 1.80 bits per heavy atom. The van der Waals surface area contributed by atoms with Crippen LogP contribution in [-0.2, 0) is 33.5 Å². The van der Waals surface area contributed by atoms with E-state index in [9.17, 15) is 19.2 Å². The molecule has 2 heterocycles. The number of carboxylic acid groups (broad SMARTS) is 2. The summed E-state index contributed by atoms with van der Waals surface area (Å²) in [7, 11) is 0. The van der Waals surface area contributed by atoms with Crippen molar-refractivity contribution in [2.75, 3.05) is 13.2 Å². The van der Waals surface area contributed by atoms with Crippen LogP contribution in [0.1, 0.15) is 112 Å². The quantitative estimate of drug-likeness (QED) is 0.434. The number of carbonyl (C=O) groups excluding carboxylic acids is 2. The fourth-order valence-electron chi connectivity index (χ4n) is 5.96. The van der Waals surface area contributed by atoms with Crippen LogP contribution in [0.5, 0.6) is 0 Å². The van der Waals surface area contributed by atoms with Gasteiger partial charge in [-0.15, -0.1) is 0 Å². The van der Waals surface area contributed by atoms with Crippen LogP contribution in [-0.4, -0.2) is 47.3 Å². The number of cyclic esters (lactones) is 2. The molecule has 2 aromatic carbocycles. The molecule has 0 aromatic heterocycles. The molecule has 0 amide bonds. The van der Waals surface area contributed by atoms with E-state index >= 15 is 0 Å². The van der Waals surface area contributed by atoms with Gasteiger partial charge in [0.25, 0.3) is 0 Å². The second-order valence-electron chi connectivity index (χ2n) is 11.2. The second-order valence-corrected chi connectivity index (χ2v) is 11.2. The largest absolute Gasteiger partial charge is 0.478 e. The molecule has 1 atom stereocenters. The fraction of sp³-hybridized carbons (Fsp3) is 0.500. The highest BCUT2D eigenvalue weighted by molar-refractivity contribution is 6.01. The minimum absolute atomic E-state index is 0.110. The molecule has 0 spiro atoms. The molecular formula is C32H38O8. The molecule has 8 heteroatoms. The molecule has 0 saturated heterocycles. The first-order valence-corrected chi connectivity index (χ1v) is 14.3. The molecule has 5 rings (SSSR count). The Morgan fingerprint density at radius 2 is 1.20 bits per heavy atom. The third kappa shape index (κ3) is 7.29. The molecule has 0 radical (unpaired) electrons. The van der Waals surface area contributed by atoms with E-state index in [1.165, 1.54) is 79.5 Å². The lowest BCUT2D eigenvalue weighted by Gasteiger charge is -2.29. The van der Waals surface area contributed by atoms with Crippen LogP contribution >= 0.6 is 0 Å². The number of hydrogen-bond acceptors (Lipinski definition) is 6. The zero-order valence-corrected chi connectivity index (χ0v) is 22.9. The molecular weight excluding hydrogens is 512 g/mol. The van der Waals surface area contributed by atoms with E-state index in [1.54, 1.807) is 0 Å². The number of esters is 2. The van der Waals surface area contributed by atoms with Crippen molar-refractivity contribution < 1.29 is 38.9 Å². The highest BCUT2D eigenvalue weighted by Crippen LogP contribution is 2.43. The summed E-state index contributed by atoms with van der Waals surface area (Å²) in [6, 6.07) is 9.52. The number of ether oxygens (including phenoxy) is 2. The summed E-state index contributed by atoms with van der Waals surface area (Å²) >= 11 is 0. The maximum absolute atomic E-state index is 12.7. The van der Waals surface area contributed by atoms with E-state index in [1.807, 2.05) is 6.07 Å². The number of aromatic carboxylic acids is 2. The highest BCUT2D eigenvalue weighted by Gasteiger charge is 2.43. The van der Waals surface area contributed by atoms with Crippen LogP contribution in [0, 0.1) is 5.41 Å². The smallest absolute Gasteiger partial charge is 0.338 e. The van der Waals surface area contributed by atoms with Crippen molar-refractivity contribution in [3.05, 3.63) is 69.8 Å². The number of carbonyl (C=O) groups is 4. The molecule has 2 N–H and O–H groups in total. The molecule has 2 aromatic rings. The van der Waals surface area contributed by atoms with Gasteiger partial charge in [-0.2, -0.15) is 0 Å². The van der Waals surface area contributed by atoms with E-state index in [2.05, 4.69) is 6.07 Å². The van der Waals surface area contributed by atoms with Crippen molar-refractivity contribution >= 4 is 23.9 Å². The van der Waals surface area contributed by atoms with Crippen LogP contribution in [0.2, 0.25) is 0 Å². The average Bonchev–Trinajstić information content (AvgIpc) is 3.35. The Hall–Kier alpha value is -3.68. The monoisotopic (exact) mass is 550 g/mol. The normalized spacial score (nSPS) is 21.5. The first-order valence-electron chi connectivity index (χ1n) is 14.3. The van der Waals surface area contributed by atoms with Crippen LogP contribution in [0.3, 0.4) is 0 Å². The van der Waals surface area contributed by atoms with Crippen molar-refractivity contribution in [2.45, 2.75) is 83.5 Å². The van der Waals surface area contributed by atoms with Crippen molar-refractivity contribution in [1.29, 1.82) is 0 Å². The Kier molecular flexibility index (Phi) is 9.96. The standard InChI is InChI=1S/C24H32O4.C8H6O4/c25-22-11-9-7-5-3-1-2-4-6-8-10-19-20-13-12-18-14-24(16-27-22,15-21(18)19)17-28-23(20)26;9-7(10)5-3-1-2-4-6(5)8(11)12/h12-13H,1-11,14-17H2;1-4H,(H,9,10)(H,11,12). The van der Waals surface area contributed by atoms with Crippen LogP contribution in [0.15, 0.2) is 36.4 Å². The maximum Gasteiger partial charge on any atom is 0.338 e. The van der Waals surface area contributed by atoms with Crippen LogP contribution < -0.4 is 0 Å². The molecule has 1 aliphatic carbocycles. The number of hydrogen-bond donors (Lipinski definition) is 2. The molecule has 8 nitrogen and oxygen atoms in total. The SMILES string of the molecule is O=C(O)c1ccccc1C(=O)O.O=C1CCCCCCCCCCCc2c3ccc4c2CC(CO1)(COC3=O)C4. The Morgan fingerprint density at radius 1 is 0.650 bits per heavy atom. The Bertz CT molecular complexity index is 1220. The second kappa shape index (κ2) is 13.6. The van der Waals surface area contributed by atoms with Gasteiger partial charge in [-0.05, 0) is 67.0 Å². The predicted molar refractivity (Wildman–Crippen MR) is 148 cm³/mol. The summed E-state index contributed by atoms with van der Waals surface area (Å²) in [6.07, 6.45) is 13.8. The lowest BCUT2D eigenvalue weighted by Crippen LogP contribution is -2.36. The molecule has 1 unspecified atom stereocenters. The molecule has 0 saturated carbocycles. The van der Waals surface area contributed by atoms with Gasteiger partial charge >= 0.3 is 23.9 Å². The molecule has 3 aliphatic rings. The number of carboxylic acids is 2. The summed E-state index contributed by atoms with van der Waals surface area (Å²) in [4.78, 5) is 45.8. The highest BCUT2D eigenvalue weighted by atomic mass is 16.5. The van der Waals surface area contributed by atoms with Gasteiger partial charge in [-0.1, -0.05) is 63.1 Å². The lowest BCUT2D eigenvalue weighted by molar-refractivity contribution is -0.148. The summed E-state index contributed by atoms with van der Waals surface area (Å²) in [5.74, 6) is -2.78. The minimum atomic E-state index is -1.23. The summed E-state index contributed by atoms with van der Waals surface area (Å²) < 4.78 is 11.4. The van der Waals surface area contributed by atoms with Gasteiger partial charge in [0.05, 0.1) is 16.7 Å². The molecule has 4 bridgehead atoms. The molecule has 2 aliphatic heterocycles.